The molecule has 0 aromatic heterocycles. The van der Waals surface area contributed by atoms with Gasteiger partial charge in [-0.1, -0.05) is 0 Å². The number of rotatable bonds is 4. The minimum Gasteiger partial charge on any atom is -0.481 e. The van der Waals surface area contributed by atoms with Crippen LogP contribution in [0, 0.1) is 0 Å². The zero-order chi connectivity index (χ0) is 8.15. The first-order valence-corrected chi connectivity index (χ1v) is 2.66. The van der Waals surface area contributed by atoms with Crippen molar-refractivity contribution in [3.05, 3.63) is 0 Å². The van der Waals surface area contributed by atoms with Gasteiger partial charge < -0.3 is 15.3 Å². The summed E-state index contributed by atoms with van der Waals surface area (Å²) >= 11 is 0. The second kappa shape index (κ2) is 3.84. The zero-order valence-electron chi connectivity index (χ0n) is 5.15. The summed E-state index contributed by atoms with van der Waals surface area (Å²) in [6, 6.07) is 0. The highest BCUT2D eigenvalue weighted by molar-refractivity contribution is 5.73. The number of carboxylic acids is 2. The molecule has 58 valence electrons. The first-order valence-electron chi connectivity index (χ1n) is 2.66. The lowest BCUT2D eigenvalue weighted by Gasteiger charge is -2.00. The molecule has 1 unspecified atom stereocenters. The Kier molecular flexibility index (Phi) is 3.42. The summed E-state index contributed by atoms with van der Waals surface area (Å²) in [4.78, 5) is 19.7. The summed E-state index contributed by atoms with van der Waals surface area (Å²) in [5.41, 5.74) is 0. The molecule has 0 aromatic carbocycles. The Morgan fingerprint density at radius 2 is 1.80 bits per heavy atom. The van der Waals surface area contributed by atoms with E-state index in [0.29, 0.717) is 0 Å². The summed E-state index contributed by atoms with van der Waals surface area (Å²) < 4.78 is 0. The largest absolute Gasteiger partial charge is 0.481 e. The topological polar surface area (TPSA) is 94.8 Å². The highest BCUT2D eigenvalue weighted by Gasteiger charge is 2.13. The average molecular weight is 152 g/mol. The molecule has 0 spiro atoms. The molecule has 0 amide bonds. The first-order chi connectivity index (χ1) is 4.54. The van der Waals surface area contributed by atoms with E-state index in [2.05, 4.69) is 0 Å². The van der Waals surface area contributed by atoms with Crippen LogP contribution in [-0.4, -0.2) is 33.4 Å². The molecule has 0 radical (unpaired) electrons. The van der Waals surface area contributed by atoms with Gasteiger partial charge in [-0.25, -0.2) is 4.79 Å². The Hall–Kier alpha value is -1.10. The quantitative estimate of drug-likeness (QED) is 0.463. The van der Waals surface area contributed by atoms with Gasteiger partial charge in [0.15, 0.2) is 6.10 Å². The van der Waals surface area contributed by atoms with Gasteiger partial charge in [-0.2, -0.15) is 0 Å². The molecule has 0 fully saturated rings. The van der Waals surface area contributed by atoms with Gasteiger partial charge in [-0.15, -0.1) is 0 Å². The molecule has 0 bridgehead atoms. The molecule has 0 heterocycles. The standard InChI is InChI=1S/C5H8O5/c6-3(5(9)10)1-2-4(7)8/h3,6H,1-2H2,(H,7,8)(H,9,10)/i1+1,2+1,3+1,5+1. The maximum Gasteiger partial charge on any atom is 0.332 e. The van der Waals surface area contributed by atoms with E-state index in [0.717, 1.165) is 0 Å². The molecule has 0 saturated heterocycles. The van der Waals surface area contributed by atoms with Gasteiger partial charge in [0, 0.05) is 6.42 Å². The molecular formula is C5H8O5. The number of carboxylic acid groups (broad SMARTS) is 2. The van der Waals surface area contributed by atoms with E-state index in [1.165, 1.54) is 0 Å². The van der Waals surface area contributed by atoms with Gasteiger partial charge in [0.1, 0.15) is 0 Å². The van der Waals surface area contributed by atoms with Crippen LogP contribution in [0.3, 0.4) is 0 Å². The molecule has 0 aliphatic heterocycles. The second-order valence-corrected chi connectivity index (χ2v) is 1.79. The molecular weight excluding hydrogens is 144 g/mol. The lowest BCUT2D eigenvalue weighted by molar-refractivity contribution is -0.147. The van der Waals surface area contributed by atoms with Gasteiger partial charge in [0.05, 0.1) is 0 Å². The van der Waals surface area contributed by atoms with Crippen molar-refractivity contribution < 1.29 is 24.9 Å². The third-order valence-corrected chi connectivity index (χ3v) is 0.917. The van der Waals surface area contributed by atoms with Crippen molar-refractivity contribution in [1.82, 2.24) is 0 Å². The van der Waals surface area contributed by atoms with Crippen molar-refractivity contribution in [1.29, 1.82) is 0 Å². The van der Waals surface area contributed by atoms with Crippen molar-refractivity contribution in [2.45, 2.75) is 18.9 Å². The zero-order valence-corrected chi connectivity index (χ0v) is 5.15. The van der Waals surface area contributed by atoms with Crippen molar-refractivity contribution in [3.63, 3.8) is 0 Å². The van der Waals surface area contributed by atoms with E-state index < -0.39 is 18.0 Å². The Morgan fingerprint density at radius 1 is 1.30 bits per heavy atom. The summed E-state index contributed by atoms with van der Waals surface area (Å²) in [5.74, 6) is -2.50. The molecule has 5 nitrogen and oxygen atoms in total. The Bertz CT molecular complexity index is 141. The van der Waals surface area contributed by atoms with Gasteiger partial charge in [-0.3, -0.25) is 4.79 Å². The fraction of sp³-hybridized carbons (Fsp3) is 0.600. The second-order valence-electron chi connectivity index (χ2n) is 1.79. The molecule has 0 aliphatic carbocycles. The fourth-order valence-corrected chi connectivity index (χ4v) is 0.384. The third kappa shape index (κ3) is 3.85. The number of carbonyl (C=O) groups is 2. The van der Waals surface area contributed by atoms with Crippen LogP contribution in [-0.2, 0) is 9.59 Å². The van der Waals surface area contributed by atoms with Crippen molar-refractivity contribution >= 4 is 11.9 Å². The minimum absolute atomic E-state index is 0.245. The lowest BCUT2D eigenvalue weighted by Crippen LogP contribution is -2.20. The average Bonchev–Trinajstić information content (AvgIpc) is 1.82. The normalized spacial score (nSPS) is 12.5. The predicted molar refractivity (Wildman–Crippen MR) is 30.5 cm³/mol. The molecule has 10 heavy (non-hydrogen) atoms. The van der Waals surface area contributed by atoms with Gasteiger partial charge in [0.2, 0.25) is 0 Å². The molecule has 0 rings (SSSR count). The monoisotopic (exact) mass is 152 g/mol. The molecule has 1 atom stereocenters. The third-order valence-electron chi connectivity index (χ3n) is 0.917. The predicted octanol–water partition coefficient (Wildman–Crippen LogP) is -0.703. The summed E-state index contributed by atoms with van der Waals surface area (Å²) in [7, 11) is 0. The van der Waals surface area contributed by atoms with Crippen LogP contribution in [0.4, 0.5) is 0 Å². The molecule has 5 heteroatoms. The Balaban J connectivity index is 3.49. The lowest BCUT2D eigenvalue weighted by atomic mass is 10.9. The van der Waals surface area contributed by atoms with Crippen LogP contribution in [0.15, 0.2) is 0 Å². The van der Waals surface area contributed by atoms with Crippen LogP contribution in [0.25, 0.3) is 0 Å². The van der Waals surface area contributed by atoms with E-state index in [-0.39, 0.29) is 12.8 Å². The number of aliphatic carboxylic acids is 2. The summed E-state index contributed by atoms with van der Waals surface area (Å²) in [6.45, 7) is 0. The van der Waals surface area contributed by atoms with E-state index >= 15 is 0 Å². The summed E-state index contributed by atoms with van der Waals surface area (Å²) in [5, 5.41) is 24.6. The van der Waals surface area contributed by atoms with E-state index in [1.54, 1.807) is 0 Å². The van der Waals surface area contributed by atoms with E-state index in [4.69, 9.17) is 15.3 Å². The fourth-order valence-electron chi connectivity index (χ4n) is 0.384. The Morgan fingerprint density at radius 3 is 2.10 bits per heavy atom. The van der Waals surface area contributed by atoms with Crippen LogP contribution in [0.1, 0.15) is 12.8 Å². The Labute approximate surface area is 56.9 Å². The van der Waals surface area contributed by atoms with Crippen molar-refractivity contribution in [2.24, 2.45) is 0 Å². The molecule has 0 saturated carbocycles. The first kappa shape index (κ1) is 8.90. The van der Waals surface area contributed by atoms with Gasteiger partial charge in [0.25, 0.3) is 0 Å². The van der Waals surface area contributed by atoms with E-state index in [1.807, 2.05) is 0 Å². The minimum atomic E-state index is -1.56. The maximum atomic E-state index is 9.87. The van der Waals surface area contributed by atoms with Gasteiger partial charge >= 0.3 is 11.9 Å². The summed E-state index contributed by atoms with van der Waals surface area (Å²) in [6.07, 6.45) is -2.13. The van der Waals surface area contributed by atoms with Crippen molar-refractivity contribution in [2.75, 3.05) is 0 Å². The number of aliphatic hydroxyl groups is 1. The smallest absolute Gasteiger partial charge is 0.332 e. The molecule has 3 N–H and O–H groups in total. The highest BCUT2D eigenvalue weighted by atomic mass is 16.5. The molecule has 0 aromatic rings. The van der Waals surface area contributed by atoms with Crippen LogP contribution < -0.4 is 0 Å². The van der Waals surface area contributed by atoms with Crippen LogP contribution >= 0.6 is 0 Å². The van der Waals surface area contributed by atoms with Crippen LogP contribution in [0.5, 0.6) is 0 Å². The van der Waals surface area contributed by atoms with Crippen molar-refractivity contribution in [3.8, 4) is 0 Å². The highest BCUT2D eigenvalue weighted by Crippen LogP contribution is 1.95. The van der Waals surface area contributed by atoms with Crippen LogP contribution in [0.2, 0.25) is 0 Å². The van der Waals surface area contributed by atoms with Gasteiger partial charge in [-0.05, 0) is 6.42 Å². The number of hydrogen-bond acceptors (Lipinski definition) is 3. The van der Waals surface area contributed by atoms with E-state index in [9.17, 15) is 9.59 Å². The number of aliphatic hydroxyl groups excluding tert-OH is 1. The molecule has 0 aliphatic rings. The SMILES string of the molecule is O=C(O)[13CH2][13CH2][13CH](O)[13C](=O)O. The number of hydrogen-bond donors (Lipinski definition) is 3. The maximum absolute atomic E-state index is 9.87.